The Morgan fingerprint density at radius 1 is 1.21 bits per heavy atom. The van der Waals surface area contributed by atoms with Gasteiger partial charge in [0.25, 0.3) is 0 Å². The van der Waals surface area contributed by atoms with Gasteiger partial charge in [0, 0.05) is 29.1 Å². The van der Waals surface area contributed by atoms with E-state index in [1.54, 1.807) is 0 Å². The molecule has 0 N–H and O–H groups in total. The van der Waals surface area contributed by atoms with Crippen molar-refractivity contribution in [1.82, 2.24) is 0 Å². The van der Waals surface area contributed by atoms with Crippen molar-refractivity contribution in [3.8, 4) is 0 Å². The normalized spacial score (nSPS) is 21.5. The monoisotopic (exact) mass is 345 g/mol. The van der Waals surface area contributed by atoms with Gasteiger partial charge in [0.05, 0.1) is 11.2 Å². The minimum absolute atomic E-state index is 0.148. The van der Waals surface area contributed by atoms with Crippen molar-refractivity contribution in [2.45, 2.75) is 44.2 Å². The Hall–Kier alpha value is -0.250. The van der Waals surface area contributed by atoms with Crippen molar-refractivity contribution >= 4 is 33.2 Å². The molecule has 2 rings (SSSR count). The summed E-state index contributed by atoms with van der Waals surface area (Å²) in [4.78, 5) is 2.40. The van der Waals surface area contributed by atoms with Gasteiger partial charge in [0.15, 0.2) is 0 Å². The molecule has 0 amide bonds. The number of hydrogen-bond acceptors (Lipinski definition) is 2. The summed E-state index contributed by atoms with van der Waals surface area (Å²) in [7, 11) is 0. The van der Waals surface area contributed by atoms with E-state index in [0.29, 0.717) is 0 Å². The molecule has 0 atom stereocenters. The molecule has 0 bridgehead atoms. The molecule has 2 nitrogen and oxygen atoms in total. The number of benzene rings is 1. The molecule has 0 unspecified atom stereocenters. The first-order chi connectivity index (χ1) is 8.72. The second-order valence-electron chi connectivity index (χ2n) is 6.38. The smallest absolute Gasteiger partial charge is 0.0808 e. The maximum Gasteiger partial charge on any atom is 0.0808 e. The first kappa shape index (κ1) is 15.1. The number of halogens is 2. The van der Waals surface area contributed by atoms with Crippen LogP contribution in [0.1, 0.15) is 33.3 Å². The van der Waals surface area contributed by atoms with Crippen molar-refractivity contribution in [2.75, 3.05) is 18.0 Å². The molecule has 1 aliphatic rings. The van der Waals surface area contributed by atoms with E-state index in [-0.39, 0.29) is 11.2 Å². The predicted octanol–water partition coefficient (Wildman–Crippen LogP) is 4.63. The molecular weight excluding hydrogens is 326 g/mol. The van der Waals surface area contributed by atoms with Gasteiger partial charge in [-0.1, -0.05) is 27.5 Å². The van der Waals surface area contributed by atoms with Crippen LogP contribution >= 0.6 is 27.5 Å². The molecule has 1 aromatic carbocycles. The van der Waals surface area contributed by atoms with E-state index in [0.717, 1.165) is 23.4 Å². The third-order valence-electron chi connectivity index (χ3n) is 3.22. The number of nitrogens with zero attached hydrogens (tertiary/aromatic N) is 1. The van der Waals surface area contributed by atoms with E-state index in [9.17, 15) is 0 Å². The summed E-state index contributed by atoms with van der Waals surface area (Å²) < 4.78 is 6.13. The van der Waals surface area contributed by atoms with Crippen molar-refractivity contribution in [3.63, 3.8) is 0 Å². The Labute approximate surface area is 129 Å². The highest BCUT2D eigenvalue weighted by molar-refractivity contribution is 9.08. The molecule has 0 spiro atoms. The highest BCUT2D eigenvalue weighted by Gasteiger charge is 2.38. The van der Waals surface area contributed by atoms with Gasteiger partial charge < -0.3 is 9.64 Å². The molecule has 0 aromatic heterocycles. The molecular formula is C15H21BrClNO. The van der Waals surface area contributed by atoms with Gasteiger partial charge in [-0.2, -0.15) is 0 Å². The van der Waals surface area contributed by atoms with Gasteiger partial charge in [-0.3, -0.25) is 0 Å². The number of rotatable bonds is 2. The molecule has 0 aliphatic carbocycles. The number of hydrogen-bond donors (Lipinski definition) is 0. The lowest BCUT2D eigenvalue weighted by Gasteiger charge is -2.48. The van der Waals surface area contributed by atoms with Crippen LogP contribution in [-0.2, 0) is 10.1 Å². The average molecular weight is 347 g/mol. The third kappa shape index (κ3) is 3.65. The quantitative estimate of drug-likeness (QED) is 0.724. The van der Waals surface area contributed by atoms with E-state index in [2.05, 4.69) is 54.6 Å². The van der Waals surface area contributed by atoms with Gasteiger partial charge in [-0.15, -0.1) is 0 Å². The highest BCUT2D eigenvalue weighted by Crippen LogP contribution is 2.34. The van der Waals surface area contributed by atoms with Crippen LogP contribution in [0.4, 0.5) is 5.69 Å². The number of anilines is 1. The Morgan fingerprint density at radius 2 is 1.79 bits per heavy atom. The summed E-state index contributed by atoms with van der Waals surface area (Å²) in [6.07, 6.45) is 0. The molecule has 1 fully saturated rings. The van der Waals surface area contributed by atoms with Crippen LogP contribution in [0, 0.1) is 0 Å². The summed E-state index contributed by atoms with van der Waals surface area (Å²) in [5.74, 6) is 0. The van der Waals surface area contributed by atoms with E-state index in [1.165, 1.54) is 11.3 Å². The minimum Gasteiger partial charge on any atom is -0.366 e. The van der Waals surface area contributed by atoms with Crippen LogP contribution in [-0.4, -0.2) is 24.3 Å². The maximum absolute atomic E-state index is 6.13. The van der Waals surface area contributed by atoms with Gasteiger partial charge in [0.2, 0.25) is 0 Å². The summed E-state index contributed by atoms with van der Waals surface area (Å²) in [5.41, 5.74) is 2.17. The number of alkyl halides is 1. The zero-order valence-electron chi connectivity index (χ0n) is 12.0. The van der Waals surface area contributed by atoms with E-state index < -0.39 is 0 Å². The predicted molar refractivity (Wildman–Crippen MR) is 85.5 cm³/mol. The third-order valence-corrected chi connectivity index (χ3v) is 4.06. The Morgan fingerprint density at radius 3 is 2.32 bits per heavy atom. The number of ether oxygens (including phenoxy) is 1. The lowest BCUT2D eigenvalue weighted by Crippen LogP contribution is -2.57. The second kappa shape index (κ2) is 5.27. The van der Waals surface area contributed by atoms with Crippen molar-refractivity contribution in [1.29, 1.82) is 0 Å². The maximum atomic E-state index is 6.13. The molecule has 4 heteroatoms. The minimum atomic E-state index is -0.148. The van der Waals surface area contributed by atoms with Crippen LogP contribution in [0.2, 0.25) is 5.02 Å². The first-order valence-corrected chi connectivity index (χ1v) is 8.02. The lowest BCUT2D eigenvalue weighted by molar-refractivity contribution is -0.133. The van der Waals surface area contributed by atoms with Gasteiger partial charge in [-0.05, 0) is 51.5 Å². The van der Waals surface area contributed by atoms with Gasteiger partial charge in [-0.25, -0.2) is 0 Å². The van der Waals surface area contributed by atoms with E-state index in [1.807, 2.05) is 12.1 Å². The van der Waals surface area contributed by atoms with Crippen LogP contribution in [0.25, 0.3) is 0 Å². The summed E-state index contributed by atoms with van der Waals surface area (Å²) >= 11 is 9.63. The Bertz CT molecular complexity index is 457. The summed E-state index contributed by atoms with van der Waals surface area (Å²) in [6, 6.07) is 6.09. The Kier molecular flexibility index (Phi) is 4.20. The van der Waals surface area contributed by atoms with Crippen LogP contribution in [0.3, 0.4) is 0 Å². The van der Waals surface area contributed by atoms with Crippen molar-refractivity contribution < 1.29 is 4.74 Å². The SMILES string of the molecule is CC1(C)CN(c2ccc(Cl)cc2CBr)CC(C)(C)O1. The van der Waals surface area contributed by atoms with Crippen molar-refractivity contribution in [2.24, 2.45) is 0 Å². The first-order valence-electron chi connectivity index (χ1n) is 6.52. The fourth-order valence-corrected chi connectivity index (χ4v) is 3.57. The average Bonchev–Trinajstić information content (AvgIpc) is 2.24. The van der Waals surface area contributed by atoms with Crippen LogP contribution in [0.15, 0.2) is 18.2 Å². The second-order valence-corrected chi connectivity index (χ2v) is 7.38. The summed E-state index contributed by atoms with van der Waals surface area (Å²) in [5, 5.41) is 1.59. The largest absolute Gasteiger partial charge is 0.366 e. The highest BCUT2D eigenvalue weighted by atomic mass is 79.9. The molecule has 1 aliphatic heterocycles. The van der Waals surface area contributed by atoms with Crippen LogP contribution < -0.4 is 4.90 Å². The zero-order valence-corrected chi connectivity index (χ0v) is 14.3. The molecule has 0 saturated carbocycles. The molecule has 1 aromatic rings. The topological polar surface area (TPSA) is 12.5 Å². The van der Waals surface area contributed by atoms with Crippen LogP contribution in [0.5, 0.6) is 0 Å². The molecule has 106 valence electrons. The fraction of sp³-hybridized carbons (Fsp3) is 0.600. The van der Waals surface area contributed by atoms with E-state index in [4.69, 9.17) is 16.3 Å². The molecule has 0 radical (unpaired) electrons. The molecule has 19 heavy (non-hydrogen) atoms. The molecule has 1 heterocycles. The lowest BCUT2D eigenvalue weighted by atomic mass is 9.97. The Balaban J connectivity index is 2.35. The van der Waals surface area contributed by atoms with Gasteiger partial charge >= 0.3 is 0 Å². The fourth-order valence-electron chi connectivity index (χ4n) is 2.93. The van der Waals surface area contributed by atoms with Crippen molar-refractivity contribution in [3.05, 3.63) is 28.8 Å². The van der Waals surface area contributed by atoms with Gasteiger partial charge in [0.1, 0.15) is 0 Å². The number of morpholine rings is 1. The standard InChI is InChI=1S/C15H21BrClNO/c1-14(2)9-18(10-15(3,4)19-14)13-6-5-12(17)7-11(13)8-16/h5-7H,8-10H2,1-4H3. The zero-order chi connectivity index (χ0) is 14.3. The molecule has 1 saturated heterocycles. The van der Waals surface area contributed by atoms with E-state index >= 15 is 0 Å². The summed E-state index contributed by atoms with van der Waals surface area (Å²) in [6.45, 7) is 10.3.